The topological polar surface area (TPSA) is 183 Å². The first-order valence-electron chi connectivity index (χ1n) is 19.1. The van der Waals surface area contributed by atoms with Gasteiger partial charge in [-0.2, -0.15) is 0 Å². The zero-order valence-electron chi connectivity index (χ0n) is 33.0. The van der Waals surface area contributed by atoms with E-state index in [0.717, 1.165) is 19.3 Å². The van der Waals surface area contributed by atoms with E-state index in [-0.39, 0.29) is 49.2 Å². The number of rotatable bonds is 18. The van der Waals surface area contributed by atoms with E-state index < -0.39 is 68.5 Å². The average Bonchev–Trinajstić information content (AvgIpc) is 3.56. The highest BCUT2D eigenvalue weighted by Crippen LogP contribution is 2.40. The zero-order valence-corrected chi connectivity index (χ0v) is 33.8. The molecule has 0 bridgehead atoms. The fourth-order valence-electron chi connectivity index (χ4n) is 7.38. The first-order valence-corrected chi connectivity index (χ1v) is 21.0. The number of hydrogen-bond acceptors (Lipinski definition) is 8. The van der Waals surface area contributed by atoms with E-state index in [1.54, 1.807) is 30.3 Å². The van der Waals surface area contributed by atoms with Gasteiger partial charge in [0.25, 0.3) is 5.91 Å². The number of likely N-dealkylation sites (tertiary alicyclic amines) is 1. The van der Waals surface area contributed by atoms with Crippen LogP contribution in [-0.2, 0) is 35.6 Å². The molecule has 1 heterocycles. The Labute approximate surface area is 321 Å². The van der Waals surface area contributed by atoms with Crippen LogP contribution in [0.3, 0.4) is 0 Å². The molecule has 1 saturated carbocycles. The number of nitrogens with zero attached hydrogens (tertiary/aromatic N) is 1. The van der Waals surface area contributed by atoms with Crippen LogP contribution in [0.4, 0.5) is 4.79 Å². The lowest BCUT2D eigenvalue weighted by molar-refractivity contribution is -0.144. The van der Waals surface area contributed by atoms with E-state index in [1.807, 2.05) is 34.6 Å². The van der Waals surface area contributed by atoms with Crippen LogP contribution < -0.4 is 26.6 Å². The maximum Gasteiger partial charge on any atom is 0.315 e. The third kappa shape index (κ3) is 12.0. The Morgan fingerprint density at radius 1 is 1.02 bits per heavy atom. The summed E-state index contributed by atoms with van der Waals surface area (Å²) in [4.78, 5) is 69.8. The van der Waals surface area contributed by atoms with Crippen LogP contribution in [-0.4, -0.2) is 92.9 Å². The molecule has 0 radical (unpaired) electrons. The highest BCUT2D eigenvalue weighted by Gasteiger charge is 2.48. The molecule has 1 saturated heterocycles. The molecule has 5 atom stereocenters. The SMILES string of the molecule is C=CCNC(=O)C(=O)C(CCC)NC(=O)[C@@H]1C[C@@H](C=C)CN1C(=O)[C@@H](NC(=O)N[C@H](CNCc1ccccc1S(C)(=O)=O)C(C)(C)C)C1(C)CCCCC1. The largest absolute Gasteiger partial charge is 0.346 e. The lowest BCUT2D eigenvalue weighted by Crippen LogP contribution is -2.62. The summed E-state index contributed by atoms with van der Waals surface area (Å²) >= 11 is 0. The van der Waals surface area contributed by atoms with E-state index in [0.29, 0.717) is 31.4 Å². The number of sulfone groups is 1. The first kappa shape index (κ1) is 44.4. The summed E-state index contributed by atoms with van der Waals surface area (Å²) < 4.78 is 24.7. The van der Waals surface area contributed by atoms with Gasteiger partial charge in [-0.05, 0) is 54.1 Å². The molecule has 1 aliphatic carbocycles. The molecule has 13 nitrogen and oxygen atoms in total. The van der Waals surface area contributed by atoms with Crippen LogP contribution in [0, 0.1) is 16.7 Å². The van der Waals surface area contributed by atoms with Crippen molar-refractivity contribution in [2.75, 3.05) is 25.9 Å². The number of carbonyl (C=O) groups is 5. The molecule has 54 heavy (non-hydrogen) atoms. The quantitative estimate of drug-likeness (QED) is 0.110. The van der Waals surface area contributed by atoms with Crippen molar-refractivity contribution in [1.82, 2.24) is 31.5 Å². The monoisotopic (exact) mass is 770 g/mol. The molecule has 1 unspecified atom stereocenters. The van der Waals surface area contributed by atoms with Crippen molar-refractivity contribution in [1.29, 1.82) is 0 Å². The summed E-state index contributed by atoms with van der Waals surface area (Å²) in [6, 6.07) is 2.88. The number of benzene rings is 1. The maximum atomic E-state index is 14.7. The molecule has 1 aromatic carbocycles. The van der Waals surface area contributed by atoms with Gasteiger partial charge >= 0.3 is 6.03 Å². The third-order valence-electron chi connectivity index (χ3n) is 10.7. The van der Waals surface area contributed by atoms with Crippen LogP contribution in [0.5, 0.6) is 0 Å². The third-order valence-corrected chi connectivity index (χ3v) is 11.9. The summed E-state index contributed by atoms with van der Waals surface area (Å²) in [7, 11) is -3.43. The van der Waals surface area contributed by atoms with E-state index in [2.05, 4.69) is 39.7 Å². The van der Waals surface area contributed by atoms with E-state index >= 15 is 0 Å². The lowest BCUT2D eigenvalue weighted by atomic mass is 9.70. The minimum absolute atomic E-state index is 0.108. The Morgan fingerprint density at radius 3 is 2.28 bits per heavy atom. The molecule has 3 rings (SSSR count). The van der Waals surface area contributed by atoms with Crippen molar-refractivity contribution in [2.24, 2.45) is 16.7 Å². The van der Waals surface area contributed by atoms with Gasteiger partial charge in [-0.25, -0.2) is 13.2 Å². The van der Waals surface area contributed by atoms with Gasteiger partial charge in [0.1, 0.15) is 12.1 Å². The molecule has 0 aromatic heterocycles. The van der Waals surface area contributed by atoms with Crippen molar-refractivity contribution < 1.29 is 32.4 Å². The number of Topliss-reactive ketones (excluding diaryl/α,β-unsaturated/α-hetero) is 1. The Kier molecular flexibility index (Phi) is 16.0. The van der Waals surface area contributed by atoms with Gasteiger partial charge in [0.2, 0.25) is 17.6 Å². The van der Waals surface area contributed by atoms with Crippen molar-refractivity contribution in [3.63, 3.8) is 0 Å². The first-order chi connectivity index (χ1) is 25.4. The Bertz CT molecular complexity index is 1630. The fraction of sp³-hybridized carbons (Fsp3) is 0.625. The summed E-state index contributed by atoms with van der Waals surface area (Å²) in [5, 5.41) is 14.6. The fourth-order valence-corrected chi connectivity index (χ4v) is 8.32. The molecule has 1 aliphatic heterocycles. The molecule has 0 spiro atoms. The van der Waals surface area contributed by atoms with Crippen LogP contribution in [0.15, 0.2) is 54.5 Å². The summed E-state index contributed by atoms with van der Waals surface area (Å²) in [6.07, 6.45) is 9.60. The molecular formula is C40H62N6O7S. The number of amides is 5. The van der Waals surface area contributed by atoms with E-state index in [1.165, 1.54) is 17.2 Å². The molecular weight excluding hydrogens is 709 g/mol. The molecule has 2 aliphatic rings. The lowest BCUT2D eigenvalue weighted by Gasteiger charge is -2.42. The minimum Gasteiger partial charge on any atom is -0.346 e. The predicted octanol–water partition coefficient (Wildman–Crippen LogP) is 3.79. The number of hydrogen-bond donors (Lipinski definition) is 5. The standard InChI is InChI=1S/C40H62N6O7S/c1-9-17-29(33(47)36(49)42-22-10-2)43-35(48)30-23-27(11-3)26-46(30)37(50)34(40(7)20-15-12-16-21-40)45-38(51)44-32(39(4,5)6)25-41-24-28-18-13-14-19-31(28)54(8,52)53/h10-11,13-14,18-19,27,29-30,32,34,41H,2-3,9,12,15-17,20-26H2,1,4-8H3,(H,42,49)(H,43,48)(H2,44,45,51)/t27-,29?,30+,32-,34-/m1/s1. The minimum atomic E-state index is -3.43. The van der Waals surface area contributed by atoms with Crippen molar-refractivity contribution in [3.05, 3.63) is 55.1 Å². The number of carbonyl (C=O) groups excluding carboxylic acids is 5. The van der Waals surface area contributed by atoms with Crippen LogP contribution in [0.1, 0.15) is 91.5 Å². The highest BCUT2D eigenvalue weighted by atomic mass is 32.2. The van der Waals surface area contributed by atoms with Crippen molar-refractivity contribution >= 4 is 39.4 Å². The van der Waals surface area contributed by atoms with E-state index in [9.17, 15) is 32.4 Å². The zero-order chi connectivity index (χ0) is 40.3. The van der Waals surface area contributed by atoms with Gasteiger partial charge in [-0.1, -0.05) is 90.7 Å². The van der Waals surface area contributed by atoms with Gasteiger partial charge in [-0.15, -0.1) is 13.2 Å². The number of ketones is 1. The summed E-state index contributed by atoms with van der Waals surface area (Å²) in [5.74, 6) is -2.70. The molecule has 14 heteroatoms. The van der Waals surface area contributed by atoms with E-state index in [4.69, 9.17) is 0 Å². The second kappa shape index (κ2) is 19.5. The Morgan fingerprint density at radius 2 is 1.69 bits per heavy atom. The molecule has 5 amide bonds. The summed E-state index contributed by atoms with van der Waals surface area (Å²) in [5.41, 5.74) is -0.384. The predicted molar refractivity (Wildman–Crippen MR) is 210 cm³/mol. The maximum absolute atomic E-state index is 14.7. The smallest absolute Gasteiger partial charge is 0.315 e. The van der Waals surface area contributed by atoms with Crippen molar-refractivity contribution in [3.8, 4) is 0 Å². The Balaban J connectivity index is 1.84. The molecule has 5 N–H and O–H groups in total. The van der Waals surface area contributed by atoms with Crippen molar-refractivity contribution in [2.45, 2.75) is 122 Å². The van der Waals surface area contributed by atoms with Crippen LogP contribution in [0.25, 0.3) is 0 Å². The van der Waals surface area contributed by atoms with Gasteiger partial charge in [0.15, 0.2) is 9.84 Å². The molecule has 2 fully saturated rings. The highest BCUT2D eigenvalue weighted by molar-refractivity contribution is 7.90. The summed E-state index contributed by atoms with van der Waals surface area (Å²) in [6.45, 7) is 18.2. The average molecular weight is 771 g/mol. The molecule has 300 valence electrons. The Hall–Kier alpha value is -4.04. The number of nitrogens with one attached hydrogen (secondary N) is 5. The van der Waals surface area contributed by atoms with Gasteiger partial charge in [-0.3, -0.25) is 19.2 Å². The van der Waals surface area contributed by atoms with Gasteiger partial charge in [0, 0.05) is 38.5 Å². The second-order valence-electron chi connectivity index (χ2n) is 16.1. The number of urea groups is 1. The van der Waals surface area contributed by atoms with Gasteiger partial charge in [0.05, 0.1) is 10.9 Å². The van der Waals surface area contributed by atoms with Crippen LogP contribution >= 0.6 is 0 Å². The molecule has 1 aromatic rings. The van der Waals surface area contributed by atoms with Crippen LogP contribution in [0.2, 0.25) is 0 Å². The normalized spacial score (nSPS) is 20.1. The van der Waals surface area contributed by atoms with Gasteiger partial charge < -0.3 is 31.5 Å². The second-order valence-corrected chi connectivity index (χ2v) is 18.1.